The molecule has 1 aliphatic heterocycles. The predicted molar refractivity (Wildman–Crippen MR) is 106 cm³/mol. The van der Waals surface area contributed by atoms with Crippen molar-refractivity contribution in [1.82, 2.24) is 10.1 Å². The highest BCUT2D eigenvalue weighted by atomic mass is 32.2. The number of benzene rings is 2. The summed E-state index contributed by atoms with van der Waals surface area (Å²) in [6, 6.07) is 14.1. The summed E-state index contributed by atoms with van der Waals surface area (Å²) in [5.74, 6) is 1.78. The summed E-state index contributed by atoms with van der Waals surface area (Å²) in [5, 5.41) is 3.82. The van der Waals surface area contributed by atoms with Crippen LogP contribution in [0.1, 0.15) is 39.6 Å². The van der Waals surface area contributed by atoms with Crippen LogP contribution in [0.15, 0.2) is 51.9 Å². The number of fused-ring (bicyclic) bond motifs is 1. The fourth-order valence-corrected chi connectivity index (χ4v) is 4.27. The summed E-state index contributed by atoms with van der Waals surface area (Å²) in [6.45, 7) is 4.63. The van der Waals surface area contributed by atoms with Crippen LogP contribution < -0.4 is 4.90 Å². The summed E-state index contributed by atoms with van der Waals surface area (Å²) in [5.41, 5.74) is 4.23. The van der Waals surface area contributed by atoms with E-state index < -0.39 is 0 Å². The lowest BCUT2D eigenvalue weighted by molar-refractivity contribution is 0.0982. The highest BCUT2D eigenvalue weighted by Crippen LogP contribution is 2.32. The molecular weight excluding hydrogens is 358 g/mol. The molecule has 5 nitrogen and oxygen atoms in total. The first-order valence-electron chi connectivity index (χ1n) is 9.04. The molecule has 4 rings (SSSR count). The van der Waals surface area contributed by atoms with Gasteiger partial charge in [0.25, 0.3) is 5.91 Å². The predicted octanol–water partition coefficient (Wildman–Crippen LogP) is 4.57. The van der Waals surface area contributed by atoms with Crippen molar-refractivity contribution in [3.63, 3.8) is 0 Å². The van der Waals surface area contributed by atoms with Gasteiger partial charge < -0.3 is 9.42 Å². The average molecular weight is 379 g/mol. The first-order valence-corrected chi connectivity index (χ1v) is 10.0. The van der Waals surface area contributed by atoms with E-state index in [1.165, 1.54) is 11.1 Å². The molecule has 1 aromatic heterocycles. The Morgan fingerprint density at radius 3 is 2.89 bits per heavy atom. The molecule has 6 heteroatoms. The van der Waals surface area contributed by atoms with Crippen molar-refractivity contribution in [3.05, 3.63) is 70.9 Å². The Morgan fingerprint density at radius 2 is 2.07 bits per heavy atom. The van der Waals surface area contributed by atoms with Gasteiger partial charge in [-0.05, 0) is 50.5 Å². The molecule has 0 atom stereocenters. The summed E-state index contributed by atoms with van der Waals surface area (Å²) in [6.07, 6.45) is 2.01. The van der Waals surface area contributed by atoms with Crippen LogP contribution in [0.5, 0.6) is 0 Å². The molecule has 1 aliphatic rings. The number of hydrogen-bond acceptors (Lipinski definition) is 5. The molecule has 1 amide bonds. The molecule has 3 aromatic rings. The normalized spacial score (nSPS) is 13.5. The number of anilines is 1. The topological polar surface area (TPSA) is 59.2 Å². The molecule has 0 radical (unpaired) electrons. The van der Waals surface area contributed by atoms with E-state index in [0.29, 0.717) is 23.0 Å². The number of amides is 1. The zero-order valence-electron chi connectivity index (χ0n) is 15.4. The van der Waals surface area contributed by atoms with Gasteiger partial charge in [-0.15, -0.1) is 11.8 Å². The van der Waals surface area contributed by atoms with E-state index in [1.54, 1.807) is 18.7 Å². The van der Waals surface area contributed by atoms with E-state index in [1.807, 2.05) is 29.2 Å². The molecule has 0 fully saturated rings. The first-order chi connectivity index (χ1) is 13.1. The number of nitrogens with zero attached hydrogens (tertiary/aromatic N) is 3. The van der Waals surface area contributed by atoms with Crippen LogP contribution >= 0.6 is 11.8 Å². The highest BCUT2D eigenvalue weighted by molar-refractivity contribution is 7.98. The molecule has 0 N–H and O–H groups in total. The molecular formula is C21H21N3O2S. The van der Waals surface area contributed by atoms with Gasteiger partial charge in [0.15, 0.2) is 5.82 Å². The third kappa shape index (κ3) is 3.76. The van der Waals surface area contributed by atoms with Crippen LogP contribution in [0.3, 0.4) is 0 Å². The molecule has 0 saturated carbocycles. The van der Waals surface area contributed by atoms with Crippen LogP contribution in [0.2, 0.25) is 0 Å². The first kappa shape index (κ1) is 17.8. The van der Waals surface area contributed by atoms with Crippen molar-refractivity contribution in [3.8, 4) is 0 Å². The summed E-state index contributed by atoms with van der Waals surface area (Å²) in [4.78, 5) is 20.4. The van der Waals surface area contributed by atoms with E-state index in [2.05, 4.69) is 35.3 Å². The Morgan fingerprint density at radius 1 is 1.22 bits per heavy atom. The third-order valence-electron chi connectivity index (χ3n) is 4.64. The van der Waals surface area contributed by atoms with Crippen LogP contribution in [-0.2, 0) is 12.2 Å². The molecule has 2 heterocycles. The van der Waals surface area contributed by atoms with Gasteiger partial charge in [-0.1, -0.05) is 35.0 Å². The molecule has 27 heavy (non-hydrogen) atoms. The van der Waals surface area contributed by atoms with Gasteiger partial charge in [-0.25, -0.2) is 0 Å². The van der Waals surface area contributed by atoms with Crippen molar-refractivity contribution in [2.75, 3.05) is 11.4 Å². The van der Waals surface area contributed by atoms with Gasteiger partial charge in [-0.3, -0.25) is 4.79 Å². The van der Waals surface area contributed by atoms with Crippen molar-refractivity contribution in [1.29, 1.82) is 0 Å². The lowest BCUT2D eigenvalue weighted by atomic mass is 9.99. The zero-order valence-corrected chi connectivity index (χ0v) is 16.3. The Hall–Kier alpha value is -2.60. The second kappa shape index (κ2) is 7.56. The maximum absolute atomic E-state index is 13.3. The number of hydrogen-bond donors (Lipinski definition) is 0. The fourth-order valence-electron chi connectivity index (χ4n) is 3.39. The summed E-state index contributed by atoms with van der Waals surface area (Å²) in [7, 11) is 0. The van der Waals surface area contributed by atoms with Crippen LogP contribution in [-0.4, -0.2) is 22.6 Å². The van der Waals surface area contributed by atoms with Crippen molar-refractivity contribution < 1.29 is 9.32 Å². The molecule has 0 aliphatic carbocycles. The van der Waals surface area contributed by atoms with Gasteiger partial charge in [0.1, 0.15) is 0 Å². The van der Waals surface area contributed by atoms with Crippen LogP contribution in [0.4, 0.5) is 5.69 Å². The molecule has 0 saturated heterocycles. The third-order valence-corrected chi connectivity index (χ3v) is 5.70. The lowest BCUT2D eigenvalue weighted by Gasteiger charge is -2.30. The number of aromatic nitrogens is 2. The average Bonchev–Trinajstić information content (AvgIpc) is 3.10. The van der Waals surface area contributed by atoms with Gasteiger partial charge in [0.05, 0.1) is 11.3 Å². The smallest absolute Gasteiger partial charge is 0.259 e. The number of rotatable bonds is 4. The summed E-state index contributed by atoms with van der Waals surface area (Å²) < 4.78 is 5.18. The molecule has 0 spiro atoms. The quantitative estimate of drug-likeness (QED) is 0.622. The second-order valence-corrected chi connectivity index (χ2v) is 7.73. The largest absolute Gasteiger partial charge is 0.338 e. The Bertz CT molecular complexity index is 983. The van der Waals surface area contributed by atoms with E-state index in [4.69, 9.17) is 4.52 Å². The maximum Gasteiger partial charge on any atom is 0.259 e. The zero-order chi connectivity index (χ0) is 18.8. The van der Waals surface area contributed by atoms with Crippen molar-refractivity contribution >= 4 is 23.4 Å². The molecule has 0 bridgehead atoms. The number of aryl methyl sites for hydroxylation is 3. The van der Waals surface area contributed by atoms with Crippen LogP contribution in [0, 0.1) is 13.8 Å². The monoisotopic (exact) mass is 379 g/mol. The Labute approximate surface area is 162 Å². The van der Waals surface area contributed by atoms with E-state index >= 15 is 0 Å². The minimum atomic E-state index is 0.0459. The van der Waals surface area contributed by atoms with Gasteiger partial charge >= 0.3 is 0 Å². The Balaban J connectivity index is 1.60. The van der Waals surface area contributed by atoms with Gasteiger partial charge in [0, 0.05) is 17.1 Å². The fraction of sp³-hybridized carbons (Fsp3) is 0.286. The van der Waals surface area contributed by atoms with Crippen molar-refractivity contribution in [2.45, 2.75) is 37.3 Å². The number of thioether (sulfide) groups is 1. The standard InChI is InChI=1S/C21H21N3O2S/c1-14-9-10-18-16(12-14)6-5-11-24(18)21(25)17-7-3-4-8-19(17)27-13-20-22-15(2)23-26-20/h3-4,7-10,12H,5-6,11,13H2,1-2H3. The molecule has 2 aromatic carbocycles. The van der Waals surface area contributed by atoms with Crippen molar-refractivity contribution in [2.24, 2.45) is 0 Å². The number of carbonyl (C=O) groups excluding carboxylic acids is 1. The SMILES string of the molecule is Cc1ccc2c(c1)CCCN2C(=O)c1ccccc1SCc1nc(C)no1. The minimum Gasteiger partial charge on any atom is -0.338 e. The Kier molecular flexibility index (Phi) is 4.99. The maximum atomic E-state index is 13.3. The minimum absolute atomic E-state index is 0.0459. The van der Waals surface area contributed by atoms with E-state index in [9.17, 15) is 4.79 Å². The van der Waals surface area contributed by atoms with E-state index in [-0.39, 0.29) is 5.91 Å². The van der Waals surface area contributed by atoms with Crippen LogP contribution in [0.25, 0.3) is 0 Å². The van der Waals surface area contributed by atoms with Gasteiger partial charge in [-0.2, -0.15) is 4.98 Å². The van der Waals surface area contributed by atoms with Gasteiger partial charge in [0.2, 0.25) is 5.89 Å². The molecule has 138 valence electrons. The molecule has 0 unspecified atom stereocenters. The second-order valence-electron chi connectivity index (χ2n) is 6.71. The number of carbonyl (C=O) groups is 1. The lowest BCUT2D eigenvalue weighted by Crippen LogP contribution is -2.35. The summed E-state index contributed by atoms with van der Waals surface area (Å²) >= 11 is 1.55. The highest BCUT2D eigenvalue weighted by Gasteiger charge is 2.25. The van der Waals surface area contributed by atoms with E-state index in [0.717, 1.165) is 30.0 Å².